The first-order valence-corrected chi connectivity index (χ1v) is 12.1. The lowest BCUT2D eigenvalue weighted by Gasteiger charge is -2.37. The van der Waals surface area contributed by atoms with E-state index < -0.39 is 9.04 Å². The quantitative estimate of drug-likeness (QED) is 0.225. The number of hydrogen-bond donors (Lipinski definition) is 0. The van der Waals surface area contributed by atoms with Crippen LogP contribution in [0.3, 0.4) is 0 Å². The summed E-state index contributed by atoms with van der Waals surface area (Å²) in [5.74, 6) is 0. The molecule has 2 heteroatoms. The van der Waals surface area contributed by atoms with E-state index in [1.54, 1.807) is 0 Å². The van der Waals surface area contributed by atoms with E-state index in [0.29, 0.717) is 10.1 Å². The van der Waals surface area contributed by atoms with E-state index in [4.69, 9.17) is 4.43 Å². The molecule has 1 nitrogen and oxygen atoms in total. The second-order valence-electron chi connectivity index (χ2n) is 9.57. The van der Waals surface area contributed by atoms with Crippen LogP contribution in [-0.4, -0.2) is 15.6 Å². The molecule has 0 aromatic carbocycles. The highest BCUT2D eigenvalue weighted by atomic mass is 28.3. The van der Waals surface area contributed by atoms with Crippen LogP contribution < -0.4 is 0 Å². The summed E-state index contributed by atoms with van der Waals surface area (Å²) in [5, 5.41) is 0.639. The van der Waals surface area contributed by atoms with Gasteiger partial charge < -0.3 is 4.43 Å². The van der Waals surface area contributed by atoms with Gasteiger partial charge in [-0.2, -0.15) is 0 Å². The van der Waals surface area contributed by atoms with Crippen molar-refractivity contribution in [3.8, 4) is 0 Å². The molecule has 0 unspecified atom stereocenters. The molecule has 0 amide bonds. The first-order valence-electron chi connectivity index (χ1n) is 10.7. The topological polar surface area (TPSA) is 9.23 Å². The average molecular weight is 356 g/mol. The van der Waals surface area contributed by atoms with Crippen molar-refractivity contribution in [3.05, 3.63) is 0 Å². The third-order valence-corrected chi connectivity index (χ3v) is 7.82. The minimum absolute atomic E-state index is 0.319. The van der Waals surface area contributed by atoms with Gasteiger partial charge in [0.2, 0.25) is 9.04 Å². The summed E-state index contributed by atoms with van der Waals surface area (Å²) in [4.78, 5) is 0. The van der Waals surface area contributed by atoms with Crippen LogP contribution in [0, 0.1) is 0 Å². The van der Waals surface area contributed by atoms with Gasteiger partial charge in [0.15, 0.2) is 0 Å². The molecule has 0 rings (SSSR count). The van der Waals surface area contributed by atoms with Crippen LogP contribution in [0.15, 0.2) is 0 Å². The summed E-state index contributed by atoms with van der Waals surface area (Å²) in [6.45, 7) is 17.3. The summed E-state index contributed by atoms with van der Waals surface area (Å²) in [5.41, 5.74) is 0. The molecule has 24 heavy (non-hydrogen) atoms. The minimum atomic E-state index is -0.790. The van der Waals surface area contributed by atoms with Crippen LogP contribution in [0.4, 0.5) is 0 Å². The summed E-state index contributed by atoms with van der Waals surface area (Å²) in [6, 6.07) is 0. The van der Waals surface area contributed by atoms with Gasteiger partial charge in [-0.05, 0) is 16.5 Å². The predicted octanol–water partition coefficient (Wildman–Crippen LogP) is 8.30. The number of rotatable bonds is 14. The monoisotopic (exact) mass is 355 g/mol. The van der Waals surface area contributed by atoms with Crippen LogP contribution in [0.1, 0.15) is 126 Å². The molecule has 0 aromatic heterocycles. The zero-order valence-electron chi connectivity index (χ0n) is 18.1. The van der Waals surface area contributed by atoms with Gasteiger partial charge in [0.1, 0.15) is 0 Å². The van der Waals surface area contributed by atoms with Crippen molar-refractivity contribution in [2.45, 2.75) is 136 Å². The van der Waals surface area contributed by atoms with E-state index in [9.17, 15) is 0 Å². The second-order valence-corrected chi connectivity index (χ2v) is 13.5. The Hall–Kier alpha value is 0.177. The molecule has 0 bridgehead atoms. The Morgan fingerprint density at radius 1 is 0.542 bits per heavy atom. The number of hydrogen-bond acceptors (Lipinski definition) is 1. The van der Waals surface area contributed by atoms with E-state index in [2.05, 4.69) is 48.5 Å². The molecule has 0 saturated carbocycles. The molecule has 0 aliphatic rings. The normalized spacial score (nSPS) is 13.0. The first kappa shape index (κ1) is 24.2. The maximum Gasteiger partial charge on any atom is 0.222 e. The Kier molecular flexibility index (Phi) is 13.5. The Morgan fingerprint density at radius 2 is 0.875 bits per heavy atom. The highest BCUT2D eigenvalue weighted by Crippen LogP contribution is 2.42. The highest BCUT2D eigenvalue weighted by Gasteiger charge is 2.39. The van der Waals surface area contributed by atoms with Crippen LogP contribution >= 0.6 is 0 Å². The Morgan fingerprint density at radius 3 is 1.21 bits per heavy atom. The van der Waals surface area contributed by atoms with E-state index in [1.165, 1.54) is 77.0 Å². The molecule has 0 N–H and O–H groups in total. The first-order chi connectivity index (χ1) is 11.2. The summed E-state index contributed by atoms with van der Waals surface area (Å²) in [7, 11) is -0.790. The van der Waals surface area contributed by atoms with Crippen LogP contribution in [0.25, 0.3) is 0 Å². The van der Waals surface area contributed by atoms with Crippen molar-refractivity contribution >= 4 is 9.04 Å². The molecule has 0 atom stereocenters. The molecule has 0 fully saturated rings. The summed E-state index contributed by atoms with van der Waals surface area (Å²) < 4.78 is 6.36. The van der Waals surface area contributed by atoms with E-state index >= 15 is 0 Å². The SMILES string of the molecule is CCCCCCCCCCCCCCO[Si](C(C)(C)C)C(C)(C)C. The van der Waals surface area contributed by atoms with Crippen molar-refractivity contribution in [3.63, 3.8) is 0 Å². The maximum absolute atomic E-state index is 6.36. The summed E-state index contributed by atoms with van der Waals surface area (Å²) in [6.07, 6.45) is 16.9. The lowest BCUT2D eigenvalue weighted by atomic mass is 10.1. The molecule has 145 valence electrons. The smallest absolute Gasteiger partial charge is 0.222 e. The fourth-order valence-corrected chi connectivity index (χ4v) is 7.14. The molecule has 0 saturated heterocycles. The Labute approximate surface area is 156 Å². The highest BCUT2D eigenvalue weighted by molar-refractivity contribution is 6.58. The molecule has 0 aliphatic heterocycles. The second kappa shape index (κ2) is 13.4. The largest absolute Gasteiger partial charge is 0.416 e. The van der Waals surface area contributed by atoms with E-state index in [-0.39, 0.29) is 0 Å². The molecular formula is C22H47OSi. The standard InChI is InChI=1S/C22H47OSi/c1-8-9-10-11-12-13-14-15-16-17-18-19-20-23-24(21(2,3)4)22(5,6)7/h8-20H2,1-7H3. The van der Waals surface area contributed by atoms with Gasteiger partial charge in [-0.1, -0.05) is 119 Å². The third kappa shape index (κ3) is 13.5. The van der Waals surface area contributed by atoms with Crippen molar-refractivity contribution in [2.75, 3.05) is 6.61 Å². The molecule has 0 heterocycles. The fraction of sp³-hybridized carbons (Fsp3) is 1.00. The van der Waals surface area contributed by atoms with Crippen molar-refractivity contribution in [1.82, 2.24) is 0 Å². The van der Waals surface area contributed by atoms with E-state index in [1.807, 2.05) is 0 Å². The van der Waals surface area contributed by atoms with E-state index in [0.717, 1.165) is 6.61 Å². The Balaban J connectivity index is 3.50. The zero-order valence-corrected chi connectivity index (χ0v) is 19.1. The van der Waals surface area contributed by atoms with Crippen LogP contribution in [0.2, 0.25) is 10.1 Å². The van der Waals surface area contributed by atoms with Gasteiger partial charge in [-0.25, -0.2) is 0 Å². The summed E-state index contributed by atoms with van der Waals surface area (Å²) >= 11 is 0. The molecule has 1 radical (unpaired) electrons. The van der Waals surface area contributed by atoms with Crippen LogP contribution in [0.5, 0.6) is 0 Å². The lowest BCUT2D eigenvalue weighted by Crippen LogP contribution is -2.38. The molecule has 0 aromatic rings. The van der Waals surface area contributed by atoms with Crippen molar-refractivity contribution in [2.24, 2.45) is 0 Å². The van der Waals surface area contributed by atoms with Gasteiger partial charge >= 0.3 is 0 Å². The zero-order chi connectivity index (χ0) is 18.5. The number of unbranched alkanes of at least 4 members (excludes halogenated alkanes) is 11. The van der Waals surface area contributed by atoms with Crippen molar-refractivity contribution in [1.29, 1.82) is 0 Å². The fourth-order valence-electron chi connectivity index (χ4n) is 3.68. The average Bonchev–Trinajstić information content (AvgIpc) is 2.45. The Bertz CT molecular complexity index is 261. The van der Waals surface area contributed by atoms with Gasteiger partial charge in [-0.3, -0.25) is 0 Å². The maximum atomic E-state index is 6.36. The third-order valence-electron chi connectivity index (χ3n) is 4.61. The molecule has 0 spiro atoms. The van der Waals surface area contributed by atoms with Gasteiger partial charge in [-0.15, -0.1) is 0 Å². The van der Waals surface area contributed by atoms with Crippen molar-refractivity contribution < 1.29 is 4.43 Å². The predicted molar refractivity (Wildman–Crippen MR) is 112 cm³/mol. The van der Waals surface area contributed by atoms with Gasteiger partial charge in [0.05, 0.1) is 0 Å². The lowest BCUT2D eigenvalue weighted by molar-refractivity contribution is 0.272. The van der Waals surface area contributed by atoms with Crippen LogP contribution in [-0.2, 0) is 4.43 Å². The van der Waals surface area contributed by atoms with Gasteiger partial charge in [0, 0.05) is 6.61 Å². The molecule has 0 aliphatic carbocycles. The molecular weight excluding hydrogens is 308 g/mol. The minimum Gasteiger partial charge on any atom is -0.416 e. The van der Waals surface area contributed by atoms with Gasteiger partial charge in [0.25, 0.3) is 0 Å².